The fraction of sp³-hybridized carbons (Fsp3) is 0.824. The molecule has 5 N–H and O–H groups in total. The number of fused-ring (bicyclic) bond motifs is 2. The van der Waals surface area contributed by atoms with E-state index in [9.17, 15) is 48.3 Å². The van der Waals surface area contributed by atoms with E-state index in [1.807, 2.05) is 62.3 Å². The number of nitrogens with zero attached hydrogens (tertiary/aromatic N) is 2. The normalized spacial score (nSPS) is 24.0. The van der Waals surface area contributed by atoms with E-state index in [1.165, 1.54) is 13.8 Å². The number of nitrogens with one attached hydrogen (secondary N) is 4. The molecule has 0 bridgehead atoms. The van der Waals surface area contributed by atoms with Crippen LogP contribution in [-0.4, -0.2) is 145 Å². The van der Waals surface area contributed by atoms with Crippen molar-refractivity contribution < 1.29 is 67.2 Å². The number of carboxylic acid groups (broad SMARTS) is 1. The number of aliphatic carboxylic acids is 1. The maximum atomic E-state index is 12.7. The molecule has 0 saturated carbocycles. The summed E-state index contributed by atoms with van der Waals surface area (Å²) in [7, 11) is 0. The van der Waals surface area contributed by atoms with Crippen molar-refractivity contribution in [3.63, 3.8) is 0 Å². The summed E-state index contributed by atoms with van der Waals surface area (Å²) in [5.41, 5.74) is -2.33. The number of hydrogen-bond acceptors (Lipinski definition) is 14. The first-order chi connectivity index (χ1) is 32.6. The second-order valence-corrected chi connectivity index (χ2v) is 23.4. The van der Waals surface area contributed by atoms with Crippen LogP contribution < -0.4 is 21.3 Å². The van der Waals surface area contributed by atoms with Gasteiger partial charge in [0.15, 0.2) is 0 Å². The van der Waals surface area contributed by atoms with Gasteiger partial charge < -0.3 is 55.1 Å². The van der Waals surface area contributed by atoms with Crippen LogP contribution in [0.25, 0.3) is 0 Å². The Balaban J connectivity index is -0.000000502. The van der Waals surface area contributed by atoms with Gasteiger partial charge in [-0.3, -0.25) is 24.0 Å². The molecule has 0 spiro atoms. The molecule has 77 heavy (non-hydrogen) atoms. The summed E-state index contributed by atoms with van der Waals surface area (Å²) >= 11 is 0. The Morgan fingerprint density at radius 2 is 0.922 bits per heavy atom. The van der Waals surface area contributed by atoms with Gasteiger partial charge in [0, 0.05) is 32.0 Å². The van der Waals surface area contributed by atoms with Crippen molar-refractivity contribution in [1.82, 2.24) is 31.1 Å². The van der Waals surface area contributed by atoms with Crippen molar-refractivity contribution in [2.45, 2.75) is 270 Å². The molecule has 0 aromatic rings. The molecule has 0 aliphatic carbocycles. The summed E-state index contributed by atoms with van der Waals surface area (Å²) < 4.78 is 21.4. The number of carbonyl (C=O) groups is 9. The maximum absolute atomic E-state index is 12.7. The SMILES string of the molecule is CC(=O)N[C@@H]1CCC[C@H]2CC[C@@H](C(=O)OC(C)(C)C)N2C1=O.CC(=O)N[C@H]1CCC[C@H]2CC[C@@H](C(=O)OC(C)(C)C)N2C1=O.CC(C)(C)OC(=O)NC(CCC[C@H]1CC[C@@H](C(=O)OC(C)(C)C)N1)C(=O)O.S.S.S.S.S.S. The van der Waals surface area contributed by atoms with Crippen LogP contribution in [0.15, 0.2) is 0 Å². The van der Waals surface area contributed by atoms with Gasteiger partial charge in [-0.2, -0.15) is 81.0 Å². The van der Waals surface area contributed by atoms with E-state index in [-0.39, 0.29) is 147 Å². The van der Waals surface area contributed by atoms with Crippen LogP contribution in [-0.2, 0) is 57.3 Å². The van der Waals surface area contributed by atoms with Gasteiger partial charge >= 0.3 is 30.0 Å². The number of alkyl carbamates (subject to hydrolysis) is 1. The molecule has 0 aromatic carbocycles. The fourth-order valence-corrected chi connectivity index (χ4v) is 9.56. The van der Waals surface area contributed by atoms with Crippen LogP contribution in [0.3, 0.4) is 0 Å². The van der Waals surface area contributed by atoms with Crippen molar-refractivity contribution in [3.05, 3.63) is 0 Å². The Hall–Kier alpha value is -2.91. The summed E-state index contributed by atoms with van der Waals surface area (Å²) in [6.07, 6.45) is 10.1. The van der Waals surface area contributed by atoms with Crippen molar-refractivity contribution in [2.75, 3.05) is 0 Å². The first-order valence-corrected chi connectivity index (χ1v) is 25.5. The Bertz CT molecular complexity index is 1840. The second-order valence-electron chi connectivity index (χ2n) is 23.4. The molecule has 20 nitrogen and oxygen atoms in total. The number of ether oxygens (including phenoxy) is 4. The minimum atomic E-state index is -1.09. The molecule has 9 atom stereocenters. The lowest BCUT2D eigenvalue weighted by molar-refractivity contribution is -0.164. The highest BCUT2D eigenvalue weighted by Gasteiger charge is 2.47. The summed E-state index contributed by atoms with van der Waals surface area (Å²) in [4.78, 5) is 111. The van der Waals surface area contributed by atoms with Gasteiger partial charge in [0.05, 0.1) is 0 Å². The fourth-order valence-electron chi connectivity index (χ4n) is 9.56. The Kier molecular flexibility index (Phi) is 36.7. The lowest BCUT2D eigenvalue weighted by Crippen LogP contribution is -2.53. The topological polar surface area (TPSA) is 265 Å². The predicted molar refractivity (Wildman–Crippen MR) is 325 cm³/mol. The van der Waals surface area contributed by atoms with Gasteiger partial charge in [-0.25, -0.2) is 19.2 Å². The Labute approximate surface area is 500 Å². The minimum absolute atomic E-state index is 0. The van der Waals surface area contributed by atoms with Crippen molar-refractivity contribution in [1.29, 1.82) is 0 Å². The molecule has 5 saturated heterocycles. The average Bonchev–Trinajstić information content (AvgIpc) is 3.92. The third kappa shape index (κ3) is 28.4. The molecule has 1 unspecified atom stereocenters. The van der Waals surface area contributed by atoms with E-state index >= 15 is 0 Å². The molecule has 5 fully saturated rings. The van der Waals surface area contributed by atoms with Gasteiger partial charge in [-0.15, -0.1) is 0 Å². The highest BCUT2D eigenvalue weighted by atomic mass is 32.1. The Morgan fingerprint density at radius 1 is 0.545 bits per heavy atom. The maximum Gasteiger partial charge on any atom is 0.408 e. The number of amides is 5. The predicted octanol–water partition coefficient (Wildman–Crippen LogP) is 6.03. The monoisotopic (exact) mass is 1210 g/mol. The van der Waals surface area contributed by atoms with Crippen LogP contribution >= 0.6 is 81.0 Å². The van der Waals surface area contributed by atoms with Crippen molar-refractivity contribution in [3.8, 4) is 0 Å². The zero-order valence-electron chi connectivity index (χ0n) is 48.0. The van der Waals surface area contributed by atoms with Crippen molar-refractivity contribution >= 4 is 135 Å². The largest absolute Gasteiger partial charge is 0.480 e. The lowest BCUT2D eigenvalue weighted by atomic mass is 10.0. The zero-order valence-corrected chi connectivity index (χ0v) is 54.0. The van der Waals surface area contributed by atoms with E-state index in [0.717, 1.165) is 51.4 Å². The smallest absolute Gasteiger partial charge is 0.408 e. The van der Waals surface area contributed by atoms with E-state index in [1.54, 1.807) is 30.6 Å². The molecule has 5 aliphatic rings. The number of hydrogen-bond donors (Lipinski definition) is 5. The molecule has 5 amide bonds. The third-order valence-corrected chi connectivity index (χ3v) is 12.2. The van der Waals surface area contributed by atoms with E-state index in [4.69, 9.17) is 18.9 Å². The standard InChI is InChI=1S/C19H34N2O6.2C16H26N2O4.6H2S/c1-18(2,3)26-16(24)14-11-10-12(20-14)8-7-9-13(15(22)23)21-17(25)27-19(4,5)6;2*1-10(19)17-12-7-5-6-11-8-9-13(18(11)14(12)20)15(21)22-16(2,3)4;;;;;;/h12-14,20H,7-11H2,1-6H3,(H,21,25)(H,22,23);2*11-13H,5-9H2,1-4H3,(H,17,19);6*1H2/t12-,13?,14-;11-,12+,13-;11-,12-,13-;;;;;;/m000....../s1. The number of carbonyl (C=O) groups excluding carboxylic acids is 8. The van der Waals surface area contributed by atoms with Crippen LogP contribution in [0.5, 0.6) is 0 Å². The van der Waals surface area contributed by atoms with Crippen LogP contribution in [0.1, 0.15) is 193 Å². The molecule has 452 valence electrons. The van der Waals surface area contributed by atoms with Gasteiger partial charge in [-0.05, 0) is 179 Å². The summed E-state index contributed by atoms with van der Waals surface area (Å²) in [6.45, 7) is 24.4. The van der Waals surface area contributed by atoms with Gasteiger partial charge in [0.2, 0.25) is 23.6 Å². The minimum Gasteiger partial charge on any atom is -0.480 e. The highest BCUT2D eigenvalue weighted by molar-refractivity contribution is 7.60. The molecule has 5 rings (SSSR count). The second kappa shape index (κ2) is 35.1. The Morgan fingerprint density at radius 3 is 1.27 bits per heavy atom. The van der Waals surface area contributed by atoms with Gasteiger partial charge in [0.1, 0.15) is 58.7 Å². The van der Waals surface area contributed by atoms with Crippen LogP contribution in [0.4, 0.5) is 4.79 Å². The van der Waals surface area contributed by atoms with Crippen LogP contribution in [0, 0.1) is 0 Å². The molecule has 5 heterocycles. The quantitative estimate of drug-likeness (QED) is 0.117. The first-order valence-electron chi connectivity index (χ1n) is 25.5. The summed E-state index contributed by atoms with van der Waals surface area (Å²) in [5.74, 6) is -2.75. The van der Waals surface area contributed by atoms with Gasteiger partial charge in [0.25, 0.3) is 0 Å². The molecular weight excluding hydrogens is 1110 g/mol. The average molecular weight is 1210 g/mol. The van der Waals surface area contributed by atoms with Crippen LogP contribution in [0.2, 0.25) is 0 Å². The number of esters is 3. The van der Waals surface area contributed by atoms with Crippen molar-refractivity contribution in [2.24, 2.45) is 0 Å². The molecule has 5 aliphatic heterocycles. The summed E-state index contributed by atoms with van der Waals surface area (Å²) in [5, 5.41) is 20.4. The van der Waals surface area contributed by atoms with Gasteiger partial charge in [-0.1, -0.05) is 0 Å². The molecule has 26 heteroatoms. The third-order valence-electron chi connectivity index (χ3n) is 12.2. The molecular formula is C51H98N6O14S6. The lowest BCUT2D eigenvalue weighted by Gasteiger charge is -2.31. The molecule has 0 aromatic heterocycles. The highest BCUT2D eigenvalue weighted by Crippen LogP contribution is 2.35. The summed E-state index contributed by atoms with van der Waals surface area (Å²) in [6, 6.07) is -3.09. The number of rotatable bonds is 11. The number of carboxylic acids is 1. The zero-order chi connectivity index (χ0) is 53.8. The molecule has 0 radical (unpaired) electrons. The van der Waals surface area contributed by atoms with E-state index < -0.39 is 64.7 Å². The van der Waals surface area contributed by atoms with E-state index in [0.29, 0.717) is 44.9 Å². The van der Waals surface area contributed by atoms with E-state index in [2.05, 4.69) is 21.3 Å². The first kappa shape index (κ1) is 80.6.